The van der Waals surface area contributed by atoms with Crippen molar-refractivity contribution < 1.29 is 23.2 Å². The number of hydrogen-bond acceptors (Lipinski definition) is 5. The molecule has 0 aromatic carbocycles. The fourth-order valence-corrected chi connectivity index (χ4v) is 0.490. The van der Waals surface area contributed by atoms with Crippen LogP contribution in [0, 0.1) is 0 Å². The average molecular weight is 453 g/mol. The molecule has 0 bridgehead atoms. The molecule has 0 aliphatic carbocycles. The quantitative estimate of drug-likeness (QED) is 0.343. The van der Waals surface area contributed by atoms with Gasteiger partial charge in [0.15, 0.2) is 0 Å². The molecule has 0 N–H and O–H groups in total. The van der Waals surface area contributed by atoms with Crippen LogP contribution in [0.5, 0.6) is 0 Å². The van der Waals surface area contributed by atoms with Crippen LogP contribution < -0.4 is 9.79 Å². The molecule has 0 saturated carbocycles. The van der Waals surface area contributed by atoms with E-state index in [1.54, 1.807) is 0 Å². The molecule has 2 atom stereocenters. The third-order valence-electron chi connectivity index (χ3n) is 0.133. The van der Waals surface area contributed by atoms with Crippen LogP contribution in [0.4, 0.5) is 0 Å². The van der Waals surface area contributed by atoms with Crippen LogP contribution in [0.15, 0.2) is 0 Å². The van der Waals surface area contributed by atoms with Crippen molar-refractivity contribution in [3.8, 4) is 0 Å². The molecule has 0 saturated heterocycles. The Labute approximate surface area is 123 Å². The average Bonchev–Trinajstić information content (AvgIpc) is 1.62. The van der Waals surface area contributed by atoms with E-state index in [2.05, 4.69) is 36.2 Å². The largest absolute Gasteiger partial charge is 2.00 e. The maximum Gasteiger partial charge on any atom is 2.00 e. The van der Waals surface area contributed by atoms with Gasteiger partial charge in [0.25, 0.3) is 0 Å². The van der Waals surface area contributed by atoms with Crippen molar-refractivity contribution in [2.75, 3.05) is 4.24 Å². The van der Waals surface area contributed by atoms with Crippen LogP contribution >= 0.6 is 48.4 Å². The minimum absolute atomic E-state index is 0. The summed E-state index contributed by atoms with van der Waals surface area (Å²) in [5, 5.41) is 0. The van der Waals surface area contributed by atoms with Gasteiger partial charge in [-0.15, -0.1) is 0 Å². The molecule has 0 heterocycles. The smallest absolute Gasteiger partial charge is 0.563 e. The van der Waals surface area contributed by atoms with Gasteiger partial charge in [0.2, 0.25) is 0 Å². The topological polar surface area (TPSA) is 89.5 Å². The monoisotopic (exact) mass is 452 g/mol. The van der Waals surface area contributed by atoms with Crippen LogP contribution in [-0.2, 0) is 13.4 Å². The molecule has 0 aromatic rings. The standard InChI is InChI=1S/CH2Br2.Ba.O5P2/c2-1-3;;1-6(2)5-7(3)4/h1H2;;/q;+2;. The van der Waals surface area contributed by atoms with E-state index in [9.17, 15) is 18.9 Å². The summed E-state index contributed by atoms with van der Waals surface area (Å²) in [6, 6.07) is 0. The maximum absolute atomic E-state index is 9.24. The molecule has 60 valence electrons. The fraction of sp³-hybridized carbons (Fsp3) is 1.00. The Morgan fingerprint density at radius 1 is 1.18 bits per heavy atom. The van der Waals surface area contributed by atoms with E-state index in [0.29, 0.717) is 0 Å². The van der Waals surface area contributed by atoms with E-state index < -0.39 is 16.5 Å². The van der Waals surface area contributed by atoms with Crippen LogP contribution in [0.25, 0.3) is 0 Å². The summed E-state index contributed by atoms with van der Waals surface area (Å²) >= 11 is 6.12. The van der Waals surface area contributed by atoms with Gasteiger partial charge in [0.1, 0.15) is 4.31 Å². The first kappa shape index (κ1) is 19.2. The number of rotatable bonds is 2. The summed E-state index contributed by atoms with van der Waals surface area (Å²) in [4.78, 5) is 18.5. The minimum Gasteiger partial charge on any atom is -0.563 e. The summed E-state index contributed by atoms with van der Waals surface area (Å²) in [6.07, 6.45) is 0. The molecule has 2 unspecified atom stereocenters. The van der Waals surface area contributed by atoms with E-state index >= 15 is 0 Å². The van der Waals surface area contributed by atoms with Crippen molar-refractivity contribution in [1.29, 1.82) is 0 Å². The molecule has 10 heteroatoms. The van der Waals surface area contributed by atoms with Crippen molar-refractivity contribution >= 4 is 97.3 Å². The Hall–Kier alpha value is 2.61. The Kier molecular flexibility index (Phi) is 26.4. The molecular weight excluding hydrogens is 451 g/mol. The maximum atomic E-state index is 9.24. The van der Waals surface area contributed by atoms with E-state index in [-0.39, 0.29) is 48.9 Å². The predicted molar refractivity (Wildman–Crippen MR) is 44.8 cm³/mol. The van der Waals surface area contributed by atoms with Gasteiger partial charge in [-0.1, -0.05) is 31.9 Å². The summed E-state index contributed by atoms with van der Waals surface area (Å²) < 4.78 is 22.5. The van der Waals surface area contributed by atoms with E-state index in [1.807, 2.05) is 0 Å². The minimum atomic E-state index is -3.24. The zero-order valence-corrected chi connectivity index (χ0v) is 14.5. The van der Waals surface area contributed by atoms with Crippen molar-refractivity contribution in [2.45, 2.75) is 0 Å². The molecular formula is CH2BaBr2O5P2+2. The molecule has 0 radical (unpaired) electrons. The van der Waals surface area contributed by atoms with E-state index in [1.165, 1.54) is 0 Å². The van der Waals surface area contributed by atoms with Gasteiger partial charge in [-0.25, -0.2) is 0 Å². The Morgan fingerprint density at radius 2 is 1.36 bits per heavy atom. The molecule has 0 amide bonds. The molecule has 0 aliphatic heterocycles. The van der Waals surface area contributed by atoms with Crippen molar-refractivity contribution in [1.82, 2.24) is 0 Å². The second-order valence-corrected chi connectivity index (χ2v) is 4.80. The Balaban J connectivity index is -0.000000140. The van der Waals surface area contributed by atoms with Gasteiger partial charge in [-0.2, -0.15) is 0 Å². The van der Waals surface area contributed by atoms with Gasteiger partial charge >= 0.3 is 65.4 Å². The van der Waals surface area contributed by atoms with Gasteiger partial charge in [0, 0.05) is 0 Å². The SMILES string of the molecule is BrCBr.O=[P+]([O-])O[P+](=O)[O-].[Ba+2]. The zero-order chi connectivity index (χ0) is 8.57. The van der Waals surface area contributed by atoms with E-state index in [0.717, 1.165) is 4.24 Å². The second-order valence-electron chi connectivity index (χ2n) is 0.630. The molecule has 0 aliphatic rings. The molecule has 5 nitrogen and oxygen atoms in total. The van der Waals surface area contributed by atoms with Crippen LogP contribution in [0.3, 0.4) is 0 Å². The normalized spacial score (nSPS) is 10.2. The summed E-state index contributed by atoms with van der Waals surface area (Å²) in [5.41, 5.74) is 0. The Bertz CT molecular complexity index is 109. The summed E-state index contributed by atoms with van der Waals surface area (Å²) in [6.45, 7) is 0. The van der Waals surface area contributed by atoms with Crippen LogP contribution in [0.1, 0.15) is 0 Å². The van der Waals surface area contributed by atoms with Gasteiger partial charge in [-0.05, 0) is 9.13 Å². The van der Waals surface area contributed by atoms with Crippen molar-refractivity contribution in [3.05, 3.63) is 0 Å². The fourth-order valence-electron chi connectivity index (χ4n) is 0.0544. The summed E-state index contributed by atoms with van der Waals surface area (Å²) in [7, 11) is -6.47. The summed E-state index contributed by atoms with van der Waals surface area (Å²) in [5.74, 6) is 0. The van der Waals surface area contributed by atoms with Gasteiger partial charge in [-0.3, -0.25) is 0 Å². The third kappa shape index (κ3) is 32.5. The van der Waals surface area contributed by atoms with Crippen molar-refractivity contribution in [2.24, 2.45) is 0 Å². The second kappa shape index (κ2) is 15.1. The molecule has 0 rings (SSSR count). The van der Waals surface area contributed by atoms with Gasteiger partial charge in [0.05, 0.1) is 4.24 Å². The van der Waals surface area contributed by atoms with Gasteiger partial charge < -0.3 is 9.79 Å². The van der Waals surface area contributed by atoms with Crippen LogP contribution in [-0.4, -0.2) is 53.1 Å². The number of alkyl halides is 2. The molecule has 11 heavy (non-hydrogen) atoms. The number of halogens is 2. The molecule has 0 fully saturated rings. The first-order chi connectivity index (χ1) is 4.54. The first-order valence-electron chi connectivity index (χ1n) is 1.63. The first-order valence-corrected chi connectivity index (χ1v) is 6.06. The molecule has 0 spiro atoms. The number of hydrogen-bond donors (Lipinski definition) is 0. The third-order valence-corrected chi connectivity index (χ3v) is 1.20. The van der Waals surface area contributed by atoms with Crippen molar-refractivity contribution in [3.63, 3.8) is 0 Å². The predicted octanol–water partition coefficient (Wildman–Crippen LogP) is 0.391. The molecule has 0 aromatic heterocycles. The Morgan fingerprint density at radius 3 is 1.36 bits per heavy atom. The zero-order valence-electron chi connectivity index (χ0n) is 5.11. The van der Waals surface area contributed by atoms with E-state index in [4.69, 9.17) is 0 Å². The van der Waals surface area contributed by atoms with Crippen LogP contribution in [0.2, 0.25) is 0 Å².